The van der Waals surface area contributed by atoms with E-state index in [1.807, 2.05) is 0 Å². The zero-order valence-corrected chi connectivity index (χ0v) is 12.4. The van der Waals surface area contributed by atoms with Crippen LogP contribution in [0, 0.1) is 0 Å². The molecule has 112 valence electrons. The average molecular weight is 272 g/mol. The van der Waals surface area contributed by atoms with Crippen molar-refractivity contribution in [1.82, 2.24) is 0 Å². The molecular weight excluding hydrogens is 244 g/mol. The summed E-state index contributed by atoms with van der Waals surface area (Å²) in [7, 11) is 0. The molecule has 0 aliphatic heterocycles. The third kappa shape index (κ3) is 13.2. The Morgan fingerprint density at radius 3 is 1.42 bits per heavy atom. The van der Waals surface area contributed by atoms with Gasteiger partial charge in [0, 0.05) is 0 Å². The number of unbranched alkanes of at least 4 members (excludes halogenated alkanes) is 7. The normalized spacial score (nSPS) is 10.2. The number of hydrogen-bond donors (Lipinski definition) is 0. The van der Waals surface area contributed by atoms with Crippen molar-refractivity contribution in [3.63, 3.8) is 0 Å². The predicted octanol–water partition coefficient (Wildman–Crippen LogP) is 4.32. The lowest BCUT2D eigenvalue weighted by molar-refractivity contribution is -0.259. The first-order valence-corrected chi connectivity index (χ1v) is 7.60. The quantitative estimate of drug-likeness (QED) is 0.319. The summed E-state index contributed by atoms with van der Waals surface area (Å²) in [6.45, 7) is 4.26. The van der Waals surface area contributed by atoms with E-state index in [4.69, 9.17) is 0 Å². The first-order chi connectivity index (χ1) is 9.20. The Hall–Kier alpha value is -1.06. The van der Waals surface area contributed by atoms with Crippen LogP contribution >= 0.6 is 0 Å². The van der Waals surface area contributed by atoms with Gasteiger partial charge in [-0.2, -0.15) is 0 Å². The fourth-order valence-corrected chi connectivity index (χ4v) is 1.75. The van der Waals surface area contributed by atoms with Gasteiger partial charge in [-0.3, -0.25) is 0 Å². The van der Waals surface area contributed by atoms with Crippen LogP contribution in [0.4, 0.5) is 0 Å². The van der Waals surface area contributed by atoms with Crippen molar-refractivity contribution in [3.05, 3.63) is 0 Å². The highest BCUT2D eigenvalue weighted by atomic mass is 17.2. The summed E-state index contributed by atoms with van der Waals surface area (Å²) in [5, 5.41) is 0. The van der Waals surface area contributed by atoms with Crippen molar-refractivity contribution in [2.24, 2.45) is 0 Å². The Balaban J connectivity index is 3.38. The highest BCUT2D eigenvalue weighted by Crippen LogP contribution is 2.07. The average Bonchev–Trinajstić information content (AvgIpc) is 2.41. The summed E-state index contributed by atoms with van der Waals surface area (Å²) in [5.41, 5.74) is 0. The van der Waals surface area contributed by atoms with E-state index in [0.29, 0.717) is 12.8 Å². The molecule has 0 radical (unpaired) electrons. The van der Waals surface area contributed by atoms with Crippen molar-refractivity contribution in [3.8, 4) is 0 Å². The fourth-order valence-electron chi connectivity index (χ4n) is 1.75. The van der Waals surface area contributed by atoms with Gasteiger partial charge in [-0.05, 0) is 12.8 Å². The summed E-state index contributed by atoms with van der Waals surface area (Å²) >= 11 is 0. The van der Waals surface area contributed by atoms with E-state index in [2.05, 4.69) is 23.6 Å². The molecule has 0 unspecified atom stereocenters. The molecule has 0 aromatic rings. The summed E-state index contributed by atoms with van der Waals surface area (Å²) < 4.78 is 0. The molecule has 0 amide bonds. The molecule has 0 aromatic carbocycles. The fraction of sp³-hybridized carbons (Fsp3) is 0.867. The van der Waals surface area contributed by atoms with Gasteiger partial charge < -0.3 is 0 Å². The smallest absolute Gasteiger partial charge is 0.247 e. The van der Waals surface area contributed by atoms with Gasteiger partial charge in [0.1, 0.15) is 0 Å². The van der Waals surface area contributed by atoms with Crippen LogP contribution in [0.5, 0.6) is 0 Å². The molecule has 0 saturated heterocycles. The molecule has 19 heavy (non-hydrogen) atoms. The first kappa shape index (κ1) is 17.9. The maximum Gasteiger partial charge on any atom is 0.355 e. The zero-order chi connectivity index (χ0) is 14.3. The molecule has 0 bridgehead atoms. The minimum atomic E-state index is -0.449. The number of hydrogen-bond acceptors (Lipinski definition) is 4. The SMILES string of the molecule is CCCCCCCC(=O)OOC(=O)CCCCCC. The van der Waals surface area contributed by atoms with E-state index in [1.165, 1.54) is 12.8 Å². The van der Waals surface area contributed by atoms with Gasteiger partial charge in [0.25, 0.3) is 0 Å². The first-order valence-electron chi connectivity index (χ1n) is 7.60. The number of carbonyl (C=O) groups excluding carboxylic acids is 2. The van der Waals surface area contributed by atoms with Gasteiger partial charge in [-0.1, -0.05) is 58.8 Å². The lowest BCUT2D eigenvalue weighted by atomic mass is 10.1. The lowest BCUT2D eigenvalue weighted by Crippen LogP contribution is -2.11. The Kier molecular flexibility index (Phi) is 12.6. The van der Waals surface area contributed by atoms with Crippen LogP contribution in [0.25, 0.3) is 0 Å². The summed E-state index contributed by atoms with van der Waals surface area (Å²) in [6.07, 6.45) is 10.0. The third-order valence-electron chi connectivity index (χ3n) is 2.95. The number of rotatable bonds is 11. The van der Waals surface area contributed by atoms with Crippen LogP contribution in [0.15, 0.2) is 0 Å². The minimum Gasteiger partial charge on any atom is -0.247 e. The standard InChI is InChI=1S/C15H28O4/c1-3-5-7-9-11-13-15(17)19-18-14(16)12-10-8-6-4-2/h3-13H2,1-2H3. The second-order valence-electron chi connectivity index (χ2n) is 4.89. The molecule has 0 heterocycles. The van der Waals surface area contributed by atoms with E-state index in [-0.39, 0.29) is 0 Å². The Labute approximate surface area is 116 Å². The van der Waals surface area contributed by atoms with Gasteiger partial charge in [0.05, 0.1) is 12.8 Å². The molecule has 0 spiro atoms. The van der Waals surface area contributed by atoms with E-state index < -0.39 is 11.9 Å². The second kappa shape index (κ2) is 13.4. The molecule has 0 aliphatic rings. The van der Waals surface area contributed by atoms with Gasteiger partial charge in [0.15, 0.2) is 0 Å². The molecule has 0 rings (SSSR count). The van der Waals surface area contributed by atoms with Crippen molar-refractivity contribution in [2.45, 2.75) is 84.5 Å². The van der Waals surface area contributed by atoms with Gasteiger partial charge in [-0.15, -0.1) is 0 Å². The highest BCUT2D eigenvalue weighted by molar-refractivity contribution is 5.72. The largest absolute Gasteiger partial charge is 0.355 e. The van der Waals surface area contributed by atoms with Gasteiger partial charge in [0.2, 0.25) is 0 Å². The molecule has 4 heteroatoms. The van der Waals surface area contributed by atoms with Crippen LogP contribution in [0.3, 0.4) is 0 Å². The van der Waals surface area contributed by atoms with Crippen molar-refractivity contribution in [1.29, 1.82) is 0 Å². The molecule has 0 aromatic heterocycles. The lowest BCUT2D eigenvalue weighted by Gasteiger charge is -2.03. The van der Waals surface area contributed by atoms with Crippen LogP contribution in [-0.4, -0.2) is 11.9 Å². The van der Waals surface area contributed by atoms with E-state index in [9.17, 15) is 9.59 Å². The van der Waals surface area contributed by atoms with Crippen LogP contribution in [-0.2, 0) is 19.4 Å². The monoisotopic (exact) mass is 272 g/mol. The van der Waals surface area contributed by atoms with Gasteiger partial charge in [-0.25, -0.2) is 19.4 Å². The molecule has 0 atom stereocenters. The molecule has 0 saturated carbocycles. The topological polar surface area (TPSA) is 52.6 Å². The number of carbonyl (C=O) groups is 2. The molecular formula is C15H28O4. The summed E-state index contributed by atoms with van der Waals surface area (Å²) in [5.74, 6) is -0.895. The maximum atomic E-state index is 11.3. The Morgan fingerprint density at radius 1 is 0.632 bits per heavy atom. The summed E-state index contributed by atoms with van der Waals surface area (Å²) in [6, 6.07) is 0. The predicted molar refractivity (Wildman–Crippen MR) is 74.3 cm³/mol. The zero-order valence-electron chi connectivity index (χ0n) is 12.4. The van der Waals surface area contributed by atoms with E-state index in [1.54, 1.807) is 0 Å². The molecule has 0 fully saturated rings. The molecule has 4 nitrogen and oxygen atoms in total. The van der Waals surface area contributed by atoms with Crippen molar-refractivity contribution in [2.75, 3.05) is 0 Å². The molecule has 0 aliphatic carbocycles. The highest BCUT2D eigenvalue weighted by Gasteiger charge is 2.09. The Morgan fingerprint density at radius 2 is 1.00 bits per heavy atom. The van der Waals surface area contributed by atoms with Crippen molar-refractivity contribution < 1.29 is 19.4 Å². The van der Waals surface area contributed by atoms with E-state index in [0.717, 1.165) is 44.9 Å². The maximum absolute atomic E-state index is 11.3. The van der Waals surface area contributed by atoms with E-state index >= 15 is 0 Å². The van der Waals surface area contributed by atoms with Crippen LogP contribution in [0.2, 0.25) is 0 Å². The summed E-state index contributed by atoms with van der Waals surface area (Å²) in [4.78, 5) is 31.4. The molecule has 0 N–H and O–H groups in total. The van der Waals surface area contributed by atoms with Gasteiger partial charge >= 0.3 is 11.9 Å². The minimum absolute atomic E-state index is 0.323. The van der Waals surface area contributed by atoms with Crippen LogP contribution < -0.4 is 0 Å². The van der Waals surface area contributed by atoms with Crippen molar-refractivity contribution >= 4 is 11.9 Å². The Bertz CT molecular complexity index is 238. The van der Waals surface area contributed by atoms with Crippen LogP contribution in [0.1, 0.15) is 84.5 Å². The second-order valence-corrected chi connectivity index (χ2v) is 4.89. The third-order valence-corrected chi connectivity index (χ3v) is 2.95.